The minimum atomic E-state index is -0.110. The summed E-state index contributed by atoms with van der Waals surface area (Å²) in [6, 6.07) is 0.311. The van der Waals surface area contributed by atoms with Gasteiger partial charge in [0.05, 0.1) is 12.7 Å². The van der Waals surface area contributed by atoms with Gasteiger partial charge < -0.3 is 5.32 Å². The summed E-state index contributed by atoms with van der Waals surface area (Å²) in [6.45, 7) is 3.56. The van der Waals surface area contributed by atoms with Crippen LogP contribution in [-0.2, 0) is 13.6 Å². The topological polar surface area (TPSA) is 77.6 Å². The fraction of sp³-hybridized carbons (Fsp3) is 0.667. The fourth-order valence-electron chi connectivity index (χ4n) is 2.42. The van der Waals surface area contributed by atoms with Crippen molar-refractivity contribution in [1.29, 1.82) is 0 Å². The summed E-state index contributed by atoms with van der Waals surface area (Å²) in [5.74, 6) is 0.665. The number of hydrogen-bond acceptors (Lipinski definition) is 5. The zero-order valence-corrected chi connectivity index (χ0v) is 11.2. The minimum absolute atomic E-state index is 0.110. The molecule has 3 rings (SSSR count). The minimum Gasteiger partial charge on any atom is -0.312 e. The molecule has 0 amide bonds. The number of nitrogens with one attached hydrogen (secondary N) is 1. The maximum atomic E-state index is 12.3. The lowest BCUT2D eigenvalue weighted by atomic mass is 10.2. The van der Waals surface area contributed by atoms with E-state index < -0.39 is 0 Å². The summed E-state index contributed by atoms with van der Waals surface area (Å²) in [6.07, 6.45) is 4.02. The Labute approximate surface area is 110 Å². The Morgan fingerprint density at radius 3 is 3.00 bits per heavy atom. The molecule has 1 fully saturated rings. The molecule has 1 N–H and O–H groups in total. The van der Waals surface area contributed by atoms with Crippen molar-refractivity contribution in [3.63, 3.8) is 0 Å². The van der Waals surface area contributed by atoms with Gasteiger partial charge >= 0.3 is 0 Å². The molecule has 1 aliphatic rings. The van der Waals surface area contributed by atoms with Gasteiger partial charge in [-0.3, -0.25) is 4.79 Å². The van der Waals surface area contributed by atoms with Crippen molar-refractivity contribution < 1.29 is 0 Å². The molecule has 0 bridgehead atoms. The molecule has 0 aromatic carbocycles. The van der Waals surface area contributed by atoms with E-state index in [1.165, 1.54) is 17.5 Å². The van der Waals surface area contributed by atoms with Crippen LogP contribution in [0, 0.1) is 5.92 Å². The lowest BCUT2D eigenvalue weighted by Crippen LogP contribution is -2.39. The van der Waals surface area contributed by atoms with Crippen LogP contribution in [0.2, 0.25) is 0 Å². The number of aromatic nitrogens is 5. The molecule has 7 heteroatoms. The molecule has 2 aromatic heterocycles. The summed E-state index contributed by atoms with van der Waals surface area (Å²) in [7, 11) is 1.76. The molecule has 1 aliphatic carbocycles. The predicted molar refractivity (Wildman–Crippen MR) is 70.8 cm³/mol. The van der Waals surface area contributed by atoms with Crippen LogP contribution < -0.4 is 10.9 Å². The van der Waals surface area contributed by atoms with Crippen LogP contribution in [0.4, 0.5) is 0 Å². The molecular formula is C12H18N6O. The Hall–Kier alpha value is -1.76. The Kier molecular flexibility index (Phi) is 3.06. The van der Waals surface area contributed by atoms with Gasteiger partial charge in [0.2, 0.25) is 0 Å². The van der Waals surface area contributed by atoms with E-state index in [2.05, 4.69) is 27.7 Å². The van der Waals surface area contributed by atoms with Crippen molar-refractivity contribution in [1.82, 2.24) is 30.1 Å². The summed E-state index contributed by atoms with van der Waals surface area (Å²) in [5.41, 5.74) is 0.425. The van der Waals surface area contributed by atoms with Gasteiger partial charge in [-0.2, -0.15) is 5.10 Å². The largest absolute Gasteiger partial charge is 0.312 e. The molecule has 1 saturated carbocycles. The van der Waals surface area contributed by atoms with Crippen LogP contribution in [0.3, 0.4) is 0 Å². The molecule has 1 atom stereocenters. The fourth-order valence-corrected chi connectivity index (χ4v) is 2.42. The quantitative estimate of drug-likeness (QED) is 0.815. The molecule has 7 nitrogen and oxygen atoms in total. The van der Waals surface area contributed by atoms with Crippen LogP contribution in [0.15, 0.2) is 11.0 Å². The molecule has 0 saturated heterocycles. The molecule has 1 unspecified atom stereocenters. The highest BCUT2D eigenvalue weighted by Gasteiger charge is 2.31. The average molecular weight is 262 g/mol. The molecule has 102 valence electrons. The van der Waals surface area contributed by atoms with Crippen LogP contribution in [0.5, 0.6) is 0 Å². The number of rotatable bonds is 5. The lowest BCUT2D eigenvalue weighted by molar-refractivity contribution is 0.380. The van der Waals surface area contributed by atoms with Crippen LogP contribution in [0.1, 0.15) is 19.8 Å². The van der Waals surface area contributed by atoms with Gasteiger partial charge in [0, 0.05) is 13.1 Å². The van der Waals surface area contributed by atoms with E-state index in [1.54, 1.807) is 17.9 Å². The molecular weight excluding hydrogens is 244 g/mol. The van der Waals surface area contributed by atoms with Crippen molar-refractivity contribution in [3.05, 3.63) is 16.6 Å². The third kappa shape index (κ3) is 2.25. The third-order valence-electron chi connectivity index (χ3n) is 3.65. The number of nitrogens with zero attached hydrogens (tertiary/aromatic N) is 5. The highest BCUT2D eigenvalue weighted by atomic mass is 16.1. The number of aryl methyl sites for hydroxylation is 1. The third-order valence-corrected chi connectivity index (χ3v) is 3.65. The van der Waals surface area contributed by atoms with Gasteiger partial charge in [-0.05, 0) is 25.3 Å². The first-order valence-electron chi connectivity index (χ1n) is 6.69. The molecule has 0 aliphatic heterocycles. The van der Waals surface area contributed by atoms with Crippen molar-refractivity contribution >= 4 is 11.0 Å². The Bertz CT molecular complexity index is 641. The van der Waals surface area contributed by atoms with Crippen LogP contribution >= 0.6 is 0 Å². The number of likely N-dealkylation sites (N-methyl/N-ethyl adjacent to an activating group) is 1. The monoisotopic (exact) mass is 262 g/mol. The summed E-state index contributed by atoms with van der Waals surface area (Å²) in [5, 5.41) is 16.1. The lowest BCUT2D eigenvalue weighted by Gasteiger charge is -2.17. The second-order valence-corrected chi connectivity index (χ2v) is 5.08. The zero-order valence-electron chi connectivity index (χ0n) is 11.2. The van der Waals surface area contributed by atoms with Gasteiger partial charge in [-0.25, -0.2) is 9.36 Å². The SMILES string of the molecule is CCNC(Cn1nnc2c(cnn2C)c1=O)C1CC1. The smallest absolute Gasteiger partial charge is 0.280 e. The summed E-state index contributed by atoms with van der Waals surface area (Å²) >= 11 is 0. The first-order valence-corrected chi connectivity index (χ1v) is 6.69. The van der Waals surface area contributed by atoms with Gasteiger partial charge in [0.15, 0.2) is 5.65 Å². The van der Waals surface area contributed by atoms with E-state index in [-0.39, 0.29) is 5.56 Å². The van der Waals surface area contributed by atoms with Crippen molar-refractivity contribution in [2.24, 2.45) is 13.0 Å². The first kappa shape index (κ1) is 12.3. The Morgan fingerprint density at radius 2 is 2.32 bits per heavy atom. The predicted octanol–water partition coefficient (Wildman–Crippen LogP) is -0.0869. The standard InChI is InChI=1S/C12H18N6O/c1-3-13-10(8-4-5-8)7-18-12(19)9-6-14-17(2)11(9)15-16-18/h6,8,10,13H,3-5,7H2,1-2H3. The second-order valence-electron chi connectivity index (χ2n) is 5.08. The first-order chi connectivity index (χ1) is 9.20. The molecule has 19 heavy (non-hydrogen) atoms. The Balaban J connectivity index is 1.92. The van der Waals surface area contributed by atoms with Crippen molar-refractivity contribution in [2.75, 3.05) is 6.54 Å². The maximum absolute atomic E-state index is 12.3. The van der Waals surface area contributed by atoms with Gasteiger partial charge in [0.1, 0.15) is 5.39 Å². The van der Waals surface area contributed by atoms with Crippen molar-refractivity contribution in [3.8, 4) is 0 Å². The highest BCUT2D eigenvalue weighted by molar-refractivity contribution is 5.72. The van der Waals surface area contributed by atoms with E-state index in [9.17, 15) is 4.79 Å². The Morgan fingerprint density at radius 1 is 1.53 bits per heavy atom. The van der Waals surface area contributed by atoms with Crippen molar-refractivity contribution in [2.45, 2.75) is 32.4 Å². The number of hydrogen-bond donors (Lipinski definition) is 1. The molecule has 0 radical (unpaired) electrons. The van der Waals surface area contributed by atoms with E-state index in [0.717, 1.165) is 6.54 Å². The van der Waals surface area contributed by atoms with E-state index >= 15 is 0 Å². The van der Waals surface area contributed by atoms with Crippen LogP contribution in [0.25, 0.3) is 11.0 Å². The van der Waals surface area contributed by atoms with E-state index in [1.807, 2.05) is 0 Å². The average Bonchev–Trinajstić information content (AvgIpc) is 3.17. The molecule has 2 aromatic rings. The normalized spacial score (nSPS) is 16.9. The summed E-state index contributed by atoms with van der Waals surface area (Å²) < 4.78 is 3.02. The molecule has 2 heterocycles. The number of fused-ring (bicyclic) bond motifs is 1. The van der Waals surface area contributed by atoms with Crippen LogP contribution in [-0.4, -0.2) is 37.4 Å². The van der Waals surface area contributed by atoms with E-state index in [4.69, 9.17) is 0 Å². The van der Waals surface area contributed by atoms with Gasteiger partial charge in [0.25, 0.3) is 5.56 Å². The molecule has 0 spiro atoms. The highest BCUT2D eigenvalue weighted by Crippen LogP contribution is 2.33. The van der Waals surface area contributed by atoms with Gasteiger partial charge in [-0.1, -0.05) is 12.1 Å². The maximum Gasteiger partial charge on any atom is 0.280 e. The van der Waals surface area contributed by atoms with E-state index in [0.29, 0.717) is 29.5 Å². The second kappa shape index (κ2) is 4.73. The zero-order chi connectivity index (χ0) is 13.4. The summed E-state index contributed by atoms with van der Waals surface area (Å²) in [4.78, 5) is 12.3. The van der Waals surface area contributed by atoms with Gasteiger partial charge in [-0.15, -0.1) is 5.10 Å².